The Morgan fingerprint density at radius 1 is 1.11 bits per heavy atom. The number of Topliss-reactive ketones (excluding diaryl/α,β-unsaturated/α-hetero) is 1. The first-order valence-corrected chi connectivity index (χ1v) is 13.8. The van der Waals surface area contributed by atoms with E-state index in [4.69, 9.17) is 14.2 Å². The molecule has 0 N–H and O–H groups in total. The molecule has 2 aromatic carbocycles. The number of likely N-dealkylation sites (tertiary alicyclic amines) is 1. The highest BCUT2D eigenvalue weighted by molar-refractivity contribution is 7.89. The first-order valence-electron chi connectivity index (χ1n) is 12.3. The summed E-state index contributed by atoms with van der Waals surface area (Å²) >= 11 is 0. The first-order chi connectivity index (χ1) is 17.3. The van der Waals surface area contributed by atoms with E-state index in [0.717, 1.165) is 0 Å². The Labute approximate surface area is 211 Å². The van der Waals surface area contributed by atoms with Crippen molar-refractivity contribution in [2.45, 2.75) is 43.0 Å². The van der Waals surface area contributed by atoms with E-state index in [1.807, 2.05) is 6.92 Å². The van der Waals surface area contributed by atoms with Gasteiger partial charge < -0.3 is 14.2 Å². The summed E-state index contributed by atoms with van der Waals surface area (Å²) in [5, 5.41) is 0. The van der Waals surface area contributed by atoms with Gasteiger partial charge in [-0.2, -0.15) is 4.31 Å². The minimum atomic E-state index is -3.87. The van der Waals surface area contributed by atoms with Crippen LogP contribution in [0.5, 0.6) is 5.75 Å². The molecular formula is C26H31FN2O6S. The fourth-order valence-corrected chi connectivity index (χ4v) is 7.64. The highest BCUT2D eigenvalue weighted by Crippen LogP contribution is 2.51. The molecule has 8 nitrogen and oxygen atoms in total. The number of piperidine rings is 1. The summed E-state index contributed by atoms with van der Waals surface area (Å²) in [5.74, 6) is -1.56. The predicted octanol–water partition coefficient (Wildman–Crippen LogP) is 3.37. The van der Waals surface area contributed by atoms with Crippen molar-refractivity contribution in [3.8, 4) is 5.75 Å². The second-order valence-corrected chi connectivity index (χ2v) is 11.2. The molecule has 2 fully saturated rings. The third-order valence-electron chi connectivity index (χ3n) is 7.29. The number of fused-ring (bicyclic) bond motifs is 2. The summed E-state index contributed by atoms with van der Waals surface area (Å²) < 4.78 is 60.8. The maximum absolute atomic E-state index is 13.9. The fourth-order valence-electron chi connectivity index (χ4n) is 5.68. The Bertz CT molecular complexity index is 1220. The van der Waals surface area contributed by atoms with Crippen LogP contribution >= 0.6 is 0 Å². The Kier molecular flexibility index (Phi) is 6.90. The highest BCUT2D eigenvalue weighted by atomic mass is 32.2. The molecule has 3 aliphatic rings. The molecule has 10 heteroatoms. The summed E-state index contributed by atoms with van der Waals surface area (Å²) in [6.07, 6.45) is 0.962. The first kappa shape index (κ1) is 25.3. The number of ketones is 1. The van der Waals surface area contributed by atoms with E-state index >= 15 is 0 Å². The molecule has 0 bridgehead atoms. The zero-order valence-electron chi connectivity index (χ0n) is 20.5. The lowest BCUT2D eigenvalue weighted by atomic mass is 9.87. The molecule has 0 aromatic heterocycles. The van der Waals surface area contributed by atoms with Crippen LogP contribution in [0.1, 0.15) is 42.1 Å². The van der Waals surface area contributed by atoms with Crippen LogP contribution in [-0.4, -0.2) is 69.5 Å². The van der Waals surface area contributed by atoms with Crippen LogP contribution in [0.15, 0.2) is 47.4 Å². The summed E-state index contributed by atoms with van der Waals surface area (Å²) in [7, 11) is -2.36. The third-order valence-corrected chi connectivity index (χ3v) is 9.19. The van der Waals surface area contributed by atoms with Gasteiger partial charge in [0.1, 0.15) is 17.7 Å². The van der Waals surface area contributed by atoms with Gasteiger partial charge in [0, 0.05) is 31.1 Å². The summed E-state index contributed by atoms with van der Waals surface area (Å²) in [5.41, 5.74) is 0.882. The Hall–Kier alpha value is -2.37. The number of nitrogens with zero attached hydrogens (tertiary/aromatic N) is 2. The minimum absolute atomic E-state index is 0.0218. The van der Waals surface area contributed by atoms with Gasteiger partial charge in [-0.05, 0) is 55.7 Å². The van der Waals surface area contributed by atoms with Gasteiger partial charge in [-0.3, -0.25) is 9.69 Å². The van der Waals surface area contributed by atoms with Crippen LogP contribution in [0.3, 0.4) is 0 Å². The fraction of sp³-hybridized carbons (Fsp3) is 0.500. The number of carbonyl (C=O) groups is 1. The maximum Gasteiger partial charge on any atom is 0.245 e. The molecule has 2 saturated heterocycles. The van der Waals surface area contributed by atoms with Crippen molar-refractivity contribution < 1.29 is 31.8 Å². The van der Waals surface area contributed by atoms with Gasteiger partial charge in [0.25, 0.3) is 0 Å². The number of ether oxygens (including phenoxy) is 3. The normalized spacial score (nSPS) is 24.0. The number of hydrogen-bond donors (Lipinski definition) is 0. The molecule has 0 radical (unpaired) electrons. The van der Waals surface area contributed by atoms with Crippen LogP contribution in [0.25, 0.3) is 0 Å². The number of rotatable bonds is 6. The second-order valence-electron chi connectivity index (χ2n) is 9.37. The van der Waals surface area contributed by atoms with Gasteiger partial charge in [-0.1, -0.05) is 13.0 Å². The highest BCUT2D eigenvalue weighted by Gasteiger charge is 2.61. The van der Waals surface area contributed by atoms with Crippen molar-refractivity contribution in [1.82, 2.24) is 9.21 Å². The number of benzene rings is 2. The lowest BCUT2D eigenvalue weighted by Crippen LogP contribution is -2.66. The van der Waals surface area contributed by atoms with Gasteiger partial charge in [0.15, 0.2) is 5.78 Å². The molecule has 194 valence electrons. The monoisotopic (exact) mass is 518 g/mol. The Morgan fingerprint density at radius 3 is 2.39 bits per heavy atom. The van der Waals surface area contributed by atoms with E-state index < -0.39 is 22.0 Å². The largest absolute Gasteiger partial charge is 0.496 e. The van der Waals surface area contributed by atoms with Crippen LogP contribution in [0.4, 0.5) is 4.39 Å². The number of methoxy groups -OCH3 is 1. The van der Waals surface area contributed by atoms with E-state index in [0.29, 0.717) is 69.0 Å². The van der Waals surface area contributed by atoms with Crippen molar-refractivity contribution in [1.29, 1.82) is 0 Å². The van der Waals surface area contributed by atoms with Gasteiger partial charge in [-0.25, -0.2) is 12.8 Å². The molecule has 0 amide bonds. The van der Waals surface area contributed by atoms with Gasteiger partial charge in [0.2, 0.25) is 15.8 Å². The van der Waals surface area contributed by atoms with Crippen LogP contribution < -0.4 is 4.74 Å². The molecule has 36 heavy (non-hydrogen) atoms. The van der Waals surface area contributed by atoms with Crippen molar-refractivity contribution in [3.05, 3.63) is 59.4 Å². The van der Waals surface area contributed by atoms with Gasteiger partial charge >= 0.3 is 0 Å². The van der Waals surface area contributed by atoms with Crippen LogP contribution in [0.2, 0.25) is 0 Å². The maximum atomic E-state index is 13.9. The van der Waals surface area contributed by atoms with Crippen LogP contribution in [0, 0.1) is 11.7 Å². The zero-order chi connectivity index (χ0) is 25.5. The van der Waals surface area contributed by atoms with E-state index in [9.17, 15) is 17.6 Å². The third kappa shape index (κ3) is 4.05. The smallest absolute Gasteiger partial charge is 0.245 e. The van der Waals surface area contributed by atoms with Gasteiger partial charge in [0.05, 0.1) is 30.8 Å². The predicted molar refractivity (Wildman–Crippen MR) is 130 cm³/mol. The van der Waals surface area contributed by atoms with Crippen molar-refractivity contribution in [2.24, 2.45) is 5.92 Å². The quantitative estimate of drug-likeness (QED) is 0.542. The number of hydrogen-bond acceptors (Lipinski definition) is 7. The Balaban J connectivity index is 1.50. The van der Waals surface area contributed by atoms with Gasteiger partial charge in [-0.15, -0.1) is 0 Å². The van der Waals surface area contributed by atoms with Crippen molar-refractivity contribution in [2.75, 3.05) is 40.0 Å². The lowest BCUT2D eigenvalue weighted by Gasteiger charge is -2.52. The molecule has 3 heterocycles. The Morgan fingerprint density at radius 2 is 1.78 bits per heavy atom. The number of carbonyl (C=O) groups excluding carboxylic acids is 1. The minimum Gasteiger partial charge on any atom is -0.496 e. The SMILES string of the molecule is CCCN1C(N2CCC(C(=O)c3ccc(F)cc3)CC2)C2(OCCO2)c2c(OC)cccc2S1(=O)=O. The van der Waals surface area contributed by atoms with Crippen molar-refractivity contribution >= 4 is 15.8 Å². The molecule has 1 atom stereocenters. The average Bonchev–Trinajstić information content (AvgIpc) is 3.38. The molecule has 5 rings (SSSR count). The molecule has 0 saturated carbocycles. The average molecular weight is 519 g/mol. The van der Waals surface area contributed by atoms with E-state index in [1.165, 1.54) is 35.7 Å². The van der Waals surface area contributed by atoms with E-state index in [1.54, 1.807) is 18.2 Å². The van der Waals surface area contributed by atoms with Crippen LogP contribution in [-0.2, 0) is 25.3 Å². The summed E-state index contributed by atoms with van der Waals surface area (Å²) in [4.78, 5) is 15.2. The zero-order valence-corrected chi connectivity index (χ0v) is 21.3. The topological polar surface area (TPSA) is 85.4 Å². The number of halogens is 1. The molecular weight excluding hydrogens is 487 g/mol. The molecule has 1 spiro atoms. The van der Waals surface area contributed by atoms with Crippen molar-refractivity contribution in [3.63, 3.8) is 0 Å². The van der Waals surface area contributed by atoms with E-state index in [-0.39, 0.29) is 22.4 Å². The second kappa shape index (κ2) is 9.83. The molecule has 0 aliphatic carbocycles. The standard InChI is InChI=1S/C26H31FN2O6S/c1-3-13-29-25(28-14-11-19(12-15-28)24(30)18-7-9-20(27)10-8-18)26(34-16-17-35-26)23-21(33-2)5-4-6-22(23)36(29,31)32/h4-10,19,25H,3,11-17H2,1-2H3. The van der Waals surface area contributed by atoms with E-state index in [2.05, 4.69) is 4.90 Å². The molecule has 1 unspecified atom stereocenters. The molecule has 2 aromatic rings. The summed E-state index contributed by atoms with van der Waals surface area (Å²) in [6.45, 7) is 3.85. The molecule has 3 aliphatic heterocycles. The summed E-state index contributed by atoms with van der Waals surface area (Å²) in [6, 6.07) is 10.6. The number of sulfonamides is 1. The lowest BCUT2D eigenvalue weighted by molar-refractivity contribution is -0.243.